The summed E-state index contributed by atoms with van der Waals surface area (Å²) in [6.45, 7) is 0. The molecule has 0 bridgehead atoms. The maximum atomic E-state index is 10.9. The third kappa shape index (κ3) is 1.49. The molecule has 0 radical (unpaired) electrons. The van der Waals surface area contributed by atoms with Crippen molar-refractivity contribution in [3.63, 3.8) is 0 Å². The van der Waals surface area contributed by atoms with Crippen molar-refractivity contribution in [2.45, 2.75) is 0 Å². The van der Waals surface area contributed by atoms with E-state index in [1.54, 1.807) is 6.07 Å². The Bertz CT molecular complexity index is 520. The molecule has 1 unspecified atom stereocenters. The first kappa shape index (κ1) is 8.82. The highest BCUT2D eigenvalue weighted by molar-refractivity contribution is 5.79. The Labute approximate surface area is 78.0 Å². The highest BCUT2D eigenvalue weighted by Gasteiger charge is 2.02. The van der Waals surface area contributed by atoms with Crippen molar-refractivity contribution >= 4 is 16.6 Å². The summed E-state index contributed by atoms with van der Waals surface area (Å²) in [7, 11) is 0. The minimum atomic E-state index is -1.02. The van der Waals surface area contributed by atoms with Gasteiger partial charge >= 0.3 is 5.69 Å². The van der Waals surface area contributed by atoms with E-state index in [0.717, 1.165) is 0 Å². The Morgan fingerprint density at radius 1 is 1.50 bits per heavy atom. The van der Waals surface area contributed by atoms with Crippen LogP contribution in [0.2, 0.25) is 0 Å². The van der Waals surface area contributed by atoms with Gasteiger partial charge in [-0.3, -0.25) is 0 Å². The maximum absolute atomic E-state index is 10.9. The van der Waals surface area contributed by atoms with Gasteiger partial charge in [0.05, 0.1) is 5.52 Å². The number of hydrogen-bond acceptors (Lipinski definition) is 4. The molecule has 2 rings (SSSR count). The number of nitrogens with one attached hydrogen (secondary N) is 2. The van der Waals surface area contributed by atoms with E-state index in [-0.39, 0.29) is 5.69 Å². The van der Waals surface area contributed by atoms with Crippen LogP contribution in [0.3, 0.4) is 0 Å². The summed E-state index contributed by atoms with van der Waals surface area (Å²) in [6, 6.07) is 4.47. The van der Waals surface area contributed by atoms with E-state index in [2.05, 4.69) is 9.97 Å². The summed E-state index contributed by atoms with van der Waals surface area (Å²) in [5.74, 6) is 0. The van der Waals surface area contributed by atoms with E-state index in [1.165, 1.54) is 18.3 Å². The number of H-pyrrole nitrogens is 1. The lowest BCUT2D eigenvalue weighted by atomic mass is 10.2. The third-order valence-corrected chi connectivity index (χ3v) is 1.86. The van der Waals surface area contributed by atoms with Crippen molar-refractivity contribution in [3.05, 3.63) is 40.1 Å². The van der Waals surface area contributed by atoms with Gasteiger partial charge in [-0.25, -0.2) is 15.0 Å². The third-order valence-electron chi connectivity index (χ3n) is 1.86. The van der Waals surface area contributed by atoms with Crippen LogP contribution in [0, 0.1) is 5.21 Å². The first-order valence-electron chi connectivity index (χ1n) is 3.89. The number of aromatic nitrogens is 2. The fourth-order valence-corrected chi connectivity index (χ4v) is 1.19. The Hall–Kier alpha value is -1.76. The smallest absolute Gasteiger partial charge is 0.345 e. The van der Waals surface area contributed by atoms with E-state index >= 15 is 0 Å². The molecule has 3 N–H and O–H groups in total. The molecule has 0 aliphatic heterocycles. The standard InChI is InChI=1S/C8H7N3O3/c12-8-9-4-5-1-2-6(11(13)14)3-7(5)10-8/h1-4,11,13H,(H,9,10,12). The molecule has 72 valence electrons. The molecule has 0 amide bonds. The van der Waals surface area contributed by atoms with Gasteiger partial charge in [0.15, 0.2) is 5.69 Å². The van der Waals surface area contributed by atoms with Crippen molar-refractivity contribution in [2.24, 2.45) is 0 Å². The second-order valence-corrected chi connectivity index (χ2v) is 2.80. The monoisotopic (exact) mass is 193 g/mol. The first-order valence-corrected chi connectivity index (χ1v) is 3.89. The lowest BCUT2D eigenvalue weighted by molar-refractivity contribution is -0.991. The summed E-state index contributed by atoms with van der Waals surface area (Å²) >= 11 is 0. The fraction of sp³-hybridized carbons (Fsp3) is 0. The van der Waals surface area contributed by atoms with Gasteiger partial charge in [0.1, 0.15) is 0 Å². The average molecular weight is 193 g/mol. The number of benzene rings is 1. The van der Waals surface area contributed by atoms with Gasteiger partial charge in [0.2, 0.25) is 0 Å². The first-order chi connectivity index (χ1) is 6.66. The molecule has 0 saturated carbocycles. The minimum absolute atomic E-state index is 0.138. The normalized spacial score (nSPS) is 13.0. The van der Waals surface area contributed by atoms with Crippen LogP contribution in [0.5, 0.6) is 0 Å². The zero-order valence-corrected chi connectivity index (χ0v) is 7.02. The predicted molar refractivity (Wildman–Crippen MR) is 48.1 cm³/mol. The summed E-state index contributed by atoms with van der Waals surface area (Å²) in [5, 5.41) is 19.0. The molecule has 2 aromatic rings. The fourth-order valence-electron chi connectivity index (χ4n) is 1.19. The van der Waals surface area contributed by atoms with Crippen molar-refractivity contribution in [1.29, 1.82) is 0 Å². The molecule has 6 heteroatoms. The SMILES string of the molecule is O=c1ncc2ccc([NH+]([O-])O)cc2[nH]1. The maximum Gasteiger partial charge on any atom is 0.345 e. The summed E-state index contributed by atoms with van der Waals surface area (Å²) in [6.07, 6.45) is 1.40. The molecule has 1 atom stereocenters. The molecule has 0 aliphatic rings. The molecular formula is C8H7N3O3. The second kappa shape index (κ2) is 3.18. The molecule has 0 saturated heterocycles. The lowest BCUT2D eigenvalue weighted by Crippen LogP contribution is -2.99. The number of rotatable bonds is 1. The Morgan fingerprint density at radius 2 is 2.29 bits per heavy atom. The topological polar surface area (TPSA) is 93.5 Å². The van der Waals surface area contributed by atoms with Crippen LogP contribution < -0.4 is 10.9 Å². The highest BCUT2D eigenvalue weighted by Crippen LogP contribution is 2.11. The van der Waals surface area contributed by atoms with Gasteiger partial charge in [-0.2, -0.15) is 5.23 Å². The van der Waals surface area contributed by atoms with E-state index in [4.69, 9.17) is 5.21 Å². The lowest BCUT2D eigenvalue weighted by Gasteiger charge is -2.11. The van der Waals surface area contributed by atoms with Crippen LogP contribution in [0.4, 0.5) is 5.69 Å². The summed E-state index contributed by atoms with van der Waals surface area (Å²) in [5.41, 5.74) is 0.129. The van der Waals surface area contributed by atoms with Gasteiger partial charge in [0.25, 0.3) is 0 Å². The minimum Gasteiger partial charge on any atom is -0.595 e. The molecule has 14 heavy (non-hydrogen) atoms. The number of fused-ring (bicyclic) bond motifs is 1. The van der Waals surface area contributed by atoms with Crippen LogP contribution >= 0.6 is 0 Å². The van der Waals surface area contributed by atoms with Crippen molar-refractivity contribution in [3.8, 4) is 0 Å². The average Bonchev–Trinajstić information content (AvgIpc) is 2.16. The number of quaternary nitrogens is 1. The molecule has 6 nitrogen and oxygen atoms in total. The van der Waals surface area contributed by atoms with Gasteiger partial charge in [-0.1, -0.05) is 0 Å². The zero-order valence-electron chi connectivity index (χ0n) is 7.02. The molecule has 0 fully saturated rings. The van der Waals surface area contributed by atoms with Crippen LogP contribution in [0.1, 0.15) is 0 Å². The molecular weight excluding hydrogens is 186 g/mol. The van der Waals surface area contributed by atoms with E-state index < -0.39 is 10.9 Å². The second-order valence-electron chi connectivity index (χ2n) is 2.80. The van der Waals surface area contributed by atoms with Crippen LogP contribution in [0.15, 0.2) is 29.2 Å². The van der Waals surface area contributed by atoms with E-state index in [1.807, 2.05) is 0 Å². The van der Waals surface area contributed by atoms with Gasteiger partial charge in [0, 0.05) is 23.7 Å². The van der Waals surface area contributed by atoms with Crippen LogP contribution in [-0.4, -0.2) is 15.2 Å². The summed E-state index contributed by atoms with van der Waals surface area (Å²) in [4.78, 5) is 16.8. The summed E-state index contributed by atoms with van der Waals surface area (Å²) < 4.78 is 0. The Balaban J connectivity index is 2.69. The van der Waals surface area contributed by atoms with Crippen molar-refractivity contribution in [1.82, 2.24) is 9.97 Å². The van der Waals surface area contributed by atoms with Crippen LogP contribution in [-0.2, 0) is 0 Å². The number of nitrogens with zero attached hydrogens (tertiary/aromatic N) is 1. The van der Waals surface area contributed by atoms with Crippen LogP contribution in [0.25, 0.3) is 10.9 Å². The highest BCUT2D eigenvalue weighted by atomic mass is 16.8. The van der Waals surface area contributed by atoms with E-state index in [9.17, 15) is 10.0 Å². The largest absolute Gasteiger partial charge is 0.595 e. The van der Waals surface area contributed by atoms with Crippen molar-refractivity contribution < 1.29 is 10.4 Å². The molecule has 1 heterocycles. The zero-order chi connectivity index (χ0) is 10.1. The molecule has 1 aromatic heterocycles. The Morgan fingerprint density at radius 3 is 3.00 bits per heavy atom. The van der Waals surface area contributed by atoms with Crippen molar-refractivity contribution in [2.75, 3.05) is 0 Å². The Kier molecular flexibility index (Phi) is 2.01. The van der Waals surface area contributed by atoms with Gasteiger partial charge in [-0.05, 0) is 6.07 Å². The van der Waals surface area contributed by atoms with Gasteiger partial charge in [-0.15, -0.1) is 0 Å². The van der Waals surface area contributed by atoms with E-state index in [0.29, 0.717) is 10.9 Å². The quantitative estimate of drug-likeness (QED) is 0.523. The number of aromatic amines is 1. The molecule has 1 aromatic carbocycles. The molecule has 0 spiro atoms. The predicted octanol–water partition coefficient (Wildman–Crippen LogP) is -0.674. The van der Waals surface area contributed by atoms with Gasteiger partial charge < -0.3 is 10.2 Å². The molecule has 0 aliphatic carbocycles. The number of hydrogen-bond donors (Lipinski definition) is 3.